The van der Waals surface area contributed by atoms with Crippen LogP contribution >= 0.6 is 0 Å². The summed E-state index contributed by atoms with van der Waals surface area (Å²) in [5.74, 6) is 1.78. The first-order valence-corrected chi connectivity index (χ1v) is 30.7. The molecule has 94 heavy (non-hydrogen) atoms. The third kappa shape index (κ3) is 19.2. The molecule has 6 heterocycles. The highest BCUT2D eigenvalue weighted by Crippen LogP contribution is 2.36. The Morgan fingerprint density at radius 1 is 0.521 bits per heavy atom. The van der Waals surface area contributed by atoms with Crippen LogP contribution in [0.1, 0.15) is 121 Å². The van der Waals surface area contributed by atoms with Crippen LogP contribution in [0.25, 0.3) is 22.3 Å². The molecule has 27 nitrogen and oxygen atoms in total. The van der Waals surface area contributed by atoms with Crippen molar-refractivity contribution in [2.75, 3.05) is 51.2 Å². The van der Waals surface area contributed by atoms with Crippen molar-refractivity contribution in [1.82, 2.24) is 44.4 Å². The highest BCUT2D eigenvalue weighted by molar-refractivity contribution is 5.84. The number of rotatable bonds is 19. The molecule has 504 valence electrons. The number of carbonyl (C=O) groups excluding carboxylic acids is 3. The number of aliphatic hydroxyl groups excluding tert-OH is 4. The van der Waals surface area contributed by atoms with E-state index in [0.717, 1.165) is 11.1 Å². The van der Waals surface area contributed by atoms with Crippen LogP contribution in [-0.2, 0) is 51.0 Å². The molecule has 2 aliphatic heterocycles. The average Bonchev–Trinajstić information content (AvgIpc) is 1.61. The van der Waals surface area contributed by atoms with Gasteiger partial charge in [-0.05, 0) is 84.6 Å². The van der Waals surface area contributed by atoms with E-state index < -0.39 is 84.3 Å². The molecule has 10 rings (SSSR count). The third-order valence-corrected chi connectivity index (χ3v) is 14.5. The normalized spacial score (nSPS) is 19.6. The number of nitrogens with one attached hydrogen (secondary N) is 3. The molecule has 0 aliphatic carbocycles. The summed E-state index contributed by atoms with van der Waals surface area (Å²) < 4.78 is 44.4. The van der Waals surface area contributed by atoms with Gasteiger partial charge in [-0.1, -0.05) is 121 Å². The first-order valence-electron chi connectivity index (χ1n) is 30.7. The highest BCUT2D eigenvalue weighted by Gasteiger charge is 2.46. The largest absolute Gasteiger partial charge is 0.519 e. The minimum absolute atomic E-state index is 0.00257. The molecule has 0 radical (unpaired) electrons. The molecule has 0 spiro atoms. The molecule has 0 unspecified atom stereocenters. The van der Waals surface area contributed by atoms with Gasteiger partial charge in [-0.25, -0.2) is 44.3 Å². The van der Waals surface area contributed by atoms with Gasteiger partial charge in [0.2, 0.25) is 0 Å². The second-order valence-corrected chi connectivity index (χ2v) is 25.2. The van der Waals surface area contributed by atoms with E-state index in [-0.39, 0.29) is 38.1 Å². The molecule has 9 N–H and O–H groups in total. The number of imidazole rings is 2. The predicted octanol–water partition coefficient (Wildman–Crippen LogP) is 8.03. The fourth-order valence-corrected chi connectivity index (χ4v) is 10.3. The first-order chi connectivity index (χ1) is 44.7. The van der Waals surface area contributed by atoms with Gasteiger partial charge < -0.3 is 80.0 Å². The van der Waals surface area contributed by atoms with Crippen LogP contribution in [0.4, 0.5) is 26.0 Å². The average molecular weight is 1300 g/mol. The van der Waals surface area contributed by atoms with Crippen molar-refractivity contribution in [3.63, 3.8) is 0 Å². The van der Waals surface area contributed by atoms with Crippen molar-refractivity contribution in [1.29, 1.82) is 0 Å². The van der Waals surface area contributed by atoms with E-state index in [4.69, 9.17) is 43.9 Å². The smallest absolute Gasteiger partial charge is 0.444 e. The van der Waals surface area contributed by atoms with Crippen LogP contribution in [0.5, 0.6) is 0 Å². The number of aliphatic hydroxyl groups is 4. The van der Waals surface area contributed by atoms with Gasteiger partial charge in [-0.15, -0.1) is 0 Å². The van der Waals surface area contributed by atoms with E-state index in [2.05, 4.69) is 94.1 Å². The number of hydrogen-bond donors (Lipinski definition) is 8. The van der Waals surface area contributed by atoms with E-state index in [1.807, 2.05) is 72.8 Å². The van der Waals surface area contributed by atoms with Crippen LogP contribution in [0.15, 0.2) is 134 Å². The van der Waals surface area contributed by atoms with Gasteiger partial charge in [-0.2, -0.15) is 0 Å². The minimum atomic E-state index is -1.24. The van der Waals surface area contributed by atoms with Gasteiger partial charge in [-0.3, -0.25) is 9.13 Å². The summed E-state index contributed by atoms with van der Waals surface area (Å²) in [5, 5.41) is 52.0. The van der Waals surface area contributed by atoms with Crippen molar-refractivity contribution < 1.29 is 72.7 Å². The summed E-state index contributed by atoms with van der Waals surface area (Å²) in [6.07, 6.45) is -7.60. The van der Waals surface area contributed by atoms with Crippen molar-refractivity contribution in [3.8, 4) is 0 Å². The van der Waals surface area contributed by atoms with Gasteiger partial charge >= 0.3 is 18.4 Å². The summed E-state index contributed by atoms with van der Waals surface area (Å²) in [6.45, 7) is 16.8. The van der Waals surface area contributed by atoms with E-state index in [0.29, 0.717) is 58.7 Å². The molecule has 0 bridgehead atoms. The predicted molar refractivity (Wildman–Crippen MR) is 347 cm³/mol. The third-order valence-electron chi connectivity index (χ3n) is 14.5. The lowest BCUT2D eigenvalue weighted by molar-refractivity contribution is -0.0580. The van der Waals surface area contributed by atoms with Crippen LogP contribution in [-0.4, -0.2) is 172 Å². The second kappa shape index (κ2) is 31.9. The Labute approximate surface area is 545 Å². The molecule has 8 aromatic rings. The molecule has 4 aromatic carbocycles. The summed E-state index contributed by atoms with van der Waals surface area (Å²) in [7, 11) is 3.01. The molecule has 2 fully saturated rings. The Hall–Kier alpha value is -8.77. The second-order valence-electron chi connectivity index (χ2n) is 25.2. The Morgan fingerprint density at radius 3 is 1.21 bits per heavy atom. The number of carbonyl (C=O) groups is 3. The van der Waals surface area contributed by atoms with Crippen molar-refractivity contribution in [2.45, 2.75) is 153 Å². The number of methoxy groups -OCH3 is 2. The number of anilines is 2. The van der Waals surface area contributed by atoms with Gasteiger partial charge in [0, 0.05) is 39.1 Å². The summed E-state index contributed by atoms with van der Waals surface area (Å²) >= 11 is 0. The van der Waals surface area contributed by atoms with E-state index in [9.17, 15) is 34.8 Å². The molecule has 0 saturated carbocycles. The Balaban J connectivity index is 0.000000201. The van der Waals surface area contributed by atoms with Crippen molar-refractivity contribution >= 4 is 52.4 Å². The number of hydrogen-bond acceptors (Lipinski definition) is 24. The van der Waals surface area contributed by atoms with Gasteiger partial charge in [0.15, 0.2) is 52.2 Å². The van der Waals surface area contributed by atoms with Crippen molar-refractivity contribution in [3.05, 3.63) is 168 Å². The molecule has 1 amide bonds. The number of alkyl carbamates (subject to hydrolysis) is 1. The molecule has 4 aromatic heterocycles. The Kier molecular flexibility index (Phi) is 24.1. The number of nitrogens with two attached hydrogens (primary N) is 1. The maximum absolute atomic E-state index is 12.4. The zero-order valence-electron chi connectivity index (χ0n) is 54.7. The number of benzene rings is 4. The highest BCUT2D eigenvalue weighted by atomic mass is 16.8. The zero-order valence-corrected chi connectivity index (χ0v) is 54.7. The number of aromatic nitrogens is 8. The van der Waals surface area contributed by atoms with E-state index in [1.165, 1.54) is 38.0 Å². The standard InChI is InChI=1S/C31H38N6O6.C26H30N6O4.C10H18O5/c1-31(2,3)43-30(40)33-16-23-35-27(32-15-21(19-11-7-5-8-12-19)20-13-9-6-10-14-20)24-28(36-23)37(18-34-24)29-26(39)25(38)22(42-29)17-41-4;1-35-14-19-22(33)23(34)26(36-19)32-15-29-21-24(30-20(12-27)31-25(21)32)28-13-18(16-8-4-2-5-9-16)17-10-6-3-7-11-17;1-9(2,3)14-7(11)13-8(12)15-10(4,5)6/h5-14,18,21-22,25-26,29,38-39H,15-17H2,1-4H3,(H,33,40)(H,32,35,36);2-11,15,18-19,22-23,26,33-34H,12-14,27H2,1H3,(H,28,30,31);1-6H3/t22-,25-,26-,29-;19-,22-,23-,26-;/m11./s1. The SMILES string of the molecule is CC(C)(C)OC(=O)OC(=O)OC(C)(C)C.COC[C@H]1O[C@@H](n2cnc3c(NCC(c4ccccc4)c4ccccc4)nc(CN)nc32)[C@H](O)[C@@H]1O.COC[C@H]1O[C@@H](n2cnc3c(NCC(c4ccccc4)c4ccccc4)nc(CNC(=O)OC(C)(C)C)nc32)[C@H](O)[C@@H]1O. The van der Waals surface area contributed by atoms with Gasteiger partial charge in [0.25, 0.3) is 0 Å². The number of nitrogens with zero attached hydrogens (tertiary/aromatic N) is 8. The van der Waals surface area contributed by atoms with Crippen LogP contribution < -0.4 is 21.7 Å². The monoisotopic (exact) mass is 1300 g/mol. The fraction of sp³-hybridized carbons (Fsp3) is 0.448. The number of fused-ring (bicyclic) bond motifs is 2. The van der Waals surface area contributed by atoms with Crippen LogP contribution in [0, 0.1) is 0 Å². The minimum Gasteiger partial charge on any atom is -0.444 e. The number of ether oxygens (including phenoxy) is 8. The van der Waals surface area contributed by atoms with Gasteiger partial charge in [0.1, 0.15) is 59.3 Å². The maximum atomic E-state index is 12.4. The molecule has 27 heteroatoms. The number of amides is 1. The molecule has 2 aliphatic rings. The lowest BCUT2D eigenvalue weighted by atomic mass is 9.91. The Morgan fingerprint density at radius 2 is 0.872 bits per heavy atom. The van der Waals surface area contributed by atoms with E-state index >= 15 is 0 Å². The zero-order chi connectivity index (χ0) is 67.9. The lowest BCUT2D eigenvalue weighted by Gasteiger charge is -2.21. The van der Waals surface area contributed by atoms with Crippen LogP contribution in [0.2, 0.25) is 0 Å². The quantitative estimate of drug-likeness (QED) is 0.0216. The maximum Gasteiger partial charge on any atom is 0.519 e. The lowest BCUT2D eigenvalue weighted by Crippen LogP contribution is -2.33. The molecule has 2 saturated heterocycles. The summed E-state index contributed by atoms with van der Waals surface area (Å²) in [5.41, 5.74) is 10.2. The van der Waals surface area contributed by atoms with Gasteiger partial charge in [0.05, 0.1) is 39.0 Å². The van der Waals surface area contributed by atoms with E-state index in [1.54, 1.807) is 71.4 Å². The Bertz CT molecular complexity index is 3610. The molecule has 8 atom stereocenters. The molecular formula is C67H86N12O15. The van der Waals surface area contributed by atoms with Crippen LogP contribution in [0.3, 0.4) is 0 Å². The molecular weight excluding hydrogens is 1210 g/mol. The topological polar surface area (TPSA) is 355 Å². The fourth-order valence-electron chi connectivity index (χ4n) is 10.3. The summed E-state index contributed by atoms with van der Waals surface area (Å²) in [4.78, 5) is 62.0. The summed E-state index contributed by atoms with van der Waals surface area (Å²) in [6, 6.07) is 40.9. The van der Waals surface area contributed by atoms with Crippen molar-refractivity contribution in [2.24, 2.45) is 5.73 Å². The first kappa shape index (κ1) is 71.1.